The standard InChI is InChI=1S/C17H15N3O2S/c1-20-14-12(17(19-20)22-10-5-3-2-4-6-10)8-7-11-13(14)9-23-15(11)16(18)21/h2-6,9H,7-8H2,1H3,(H2,18,21). The second-order valence-corrected chi connectivity index (χ2v) is 6.37. The van der Waals surface area contributed by atoms with E-state index in [9.17, 15) is 4.79 Å². The number of thiophene rings is 1. The van der Waals surface area contributed by atoms with E-state index in [1.807, 2.05) is 47.4 Å². The molecule has 0 saturated heterocycles. The Kier molecular flexibility index (Phi) is 3.20. The molecule has 0 bridgehead atoms. The van der Waals surface area contributed by atoms with Gasteiger partial charge in [0.2, 0.25) is 5.88 Å². The molecule has 2 heterocycles. The second-order valence-electron chi connectivity index (χ2n) is 5.49. The molecule has 0 saturated carbocycles. The molecule has 2 N–H and O–H groups in total. The number of hydrogen-bond donors (Lipinski definition) is 1. The van der Waals surface area contributed by atoms with Crippen LogP contribution < -0.4 is 10.5 Å². The predicted octanol–water partition coefficient (Wildman–Crippen LogP) is 3.14. The van der Waals surface area contributed by atoms with E-state index in [1.165, 1.54) is 11.3 Å². The van der Waals surface area contributed by atoms with E-state index in [-0.39, 0.29) is 5.91 Å². The van der Waals surface area contributed by atoms with Crippen molar-refractivity contribution >= 4 is 17.2 Å². The molecular weight excluding hydrogens is 310 g/mol. The summed E-state index contributed by atoms with van der Waals surface area (Å²) in [5, 5.41) is 6.51. The number of nitrogens with two attached hydrogens (primary N) is 1. The molecule has 0 aliphatic heterocycles. The number of benzene rings is 1. The summed E-state index contributed by atoms with van der Waals surface area (Å²) >= 11 is 1.40. The molecule has 23 heavy (non-hydrogen) atoms. The van der Waals surface area contributed by atoms with Gasteiger partial charge in [-0.3, -0.25) is 9.48 Å². The third-order valence-electron chi connectivity index (χ3n) is 4.06. The van der Waals surface area contributed by atoms with E-state index in [2.05, 4.69) is 5.10 Å². The Morgan fingerprint density at radius 3 is 2.74 bits per heavy atom. The Morgan fingerprint density at radius 2 is 2.00 bits per heavy atom. The first-order valence-electron chi connectivity index (χ1n) is 7.34. The summed E-state index contributed by atoms with van der Waals surface area (Å²) in [5.74, 6) is 1.04. The SMILES string of the molecule is Cn1nc(Oc2ccccc2)c2c1-c1csc(C(N)=O)c1CC2. The number of aromatic nitrogens is 2. The van der Waals surface area contributed by atoms with Crippen molar-refractivity contribution < 1.29 is 9.53 Å². The number of nitrogens with zero attached hydrogens (tertiary/aromatic N) is 2. The lowest BCUT2D eigenvalue weighted by Gasteiger charge is -2.15. The number of ether oxygens (including phenoxy) is 1. The van der Waals surface area contributed by atoms with Gasteiger partial charge in [0, 0.05) is 23.6 Å². The maximum atomic E-state index is 11.6. The van der Waals surface area contributed by atoms with E-state index in [0.717, 1.165) is 41.0 Å². The minimum absolute atomic E-state index is 0.359. The van der Waals surface area contributed by atoms with Crippen LogP contribution in [0.15, 0.2) is 35.7 Å². The van der Waals surface area contributed by atoms with Crippen LogP contribution in [0.4, 0.5) is 0 Å². The molecule has 3 aromatic rings. The van der Waals surface area contributed by atoms with Gasteiger partial charge in [0.1, 0.15) is 5.75 Å². The molecule has 1 aromatic carbocycles. The molecule has 1 aliphatic rings. The molecule has 0 spiro atoms. The number of rotatable bonds is 3. The van der Waals surface area contributed by atoms with Gasteiger partial charge >= 0.3 is 0 Å². The van der Waals surface area contributed by atoms with E-state index >= 15 is 0 Å². The summed E-state index contributed by atoms with van der Waals surface area (Å²) in [5.41, 5.74) is 9.64. The number of para-hydroxylation sites is 1. The summed E-state index contributed by atoms with van der Waals surface area (Å²) in [6.45, 7) is 0. The maximum Gasteiger partial charge on any atom is 0.259 e. The van der Waals surface area contributed by atoms with Crippen LogP contribution in [-0.2, 0) is 19.9 Å². The minimum Gasteiger partial charge on any atom is -0.437 e. The number of hydrogen-bond acceptors (Lipinski definition) is 4. The summed E-state index contributed by atoms with van der Waals surface area (Å²) in [7, 11) is 1.90. The van der Waals surface area contributed by atoms with Crippen LogP contribution in [0.3, 0.4) is 0 Å². The molecule has 5 nitrogen and oxygen atoms in total. The second kappa shape index (κ2) is 5.24. The first kappa shape index (κ1) is 14.0. The van der Waals surface area contributed by atoms with Gasteiger partial charge < -0.3 is 10.5 Å². The normalized spacial score (nSPS) is 12.6. The van der Waals surface area contributed by atoms with E-state index in [1.54, 1.807) is 0 Å². The van der Waals surface area contributed by atoms with Crippen LogP contribution in [0, 0.1) is 0 Å². The Hall–Kier alpha value is -2.60. The number of carbonyl (C=O) groups excluding carboxylic acids is 1. The molecule has 2 aromatic heterocycles. The average Bonchev–Trinajstić information content (AvgIpc) is 3.10. The van der Waals surface area contributed by atoms with Crippen LogP contribution in [0.5, 0.6) is 11.6 Å². The molecule has 0 fully saturated rings. The molecule has 0 unspecified atom stereocenters. The molecule has 116 valence electrons. The van der Waals surface area contributed by atoms with Crippen molar-refractivity contribution in [2.45, 2.75) is 12.8 Å². The van der Waals surface area contributed by atoms with Crippen molar-refractivity contribution in [3.8, 4) is 22.9 Å². The Balaban J connectivity index is 1.79. The third-order valence-corrected chi connectivity index (χ3v) is 5.10. The highest BCUT2D eigenvalue weighted by Crippen LogP contribution is 2.42. The topological polar surface area (TPSA) is 70.1 Å². The maximum absolute atomic E-state index is 11.6. The van der Waals surface area contributed by atoms with Crippen LogP contribution in [0.1, 0.15) is 20.8 Å². The summed E-state index contributed by atoms with van der Waals surface area (Å²) in [4.78, 5) is 12.2. The fourth-order valence-corrected chi connectivity index (χ4v) is 4.03. The minimum atomic E-state index is -0.359. The number of fused-ring (bicyclic) bond motifs is 3. The lowest BCUT2D eigenvalue weighted by atomic mass is 9.91. The van der Waals surface area contributed by atoms with Crippen molar-refractivity contribution in [1.29, 1.82) is 0 Å². The molecule has 1 amide bonds. The van der Waals surface area contributed by atoms with E-state index in [0.29, 0.717) is 10.8 Å². The largest absolute Gasteiger partial charge is 0.437 e. The van der Waals surface area contributed by atoms with Gasteiger partial charge in [-0.15, -0.1) is 16.4 Å². The van der Waals surface area contributed by atoms with E-state index < -0.39 is 0 Å². The molecular formula is C17H15N3O2S. The monoisotopic (exact) mass is 325 g/mol. The molecule has 0 atom stereocenters. The fourth-order valence-electron chi connectivity index (χ4n) is 3.07. The third kappa shape index (κ3) is 2.22. The Morgan fingerprint density at radius 1 is 1.26 bits per heavy atom. The first-order chi connectivity index (χ1) is 11.1. The van der Waals surface area contributed by atoms with Crippen LogP contribution in [0.2, 0.25) is 0 Å². The van der Waals surface area contributed by atoms with Crippen molar-refractivity contribution in [1.82, 2.24) is 9.78 Å². The average molecular weight is 325 g/mol. The van der Waals surface area contributed by atoms with Gasteiger partial charge in [-0.25, -0.2) is 0 Å². The van der Waals surface area contributed by atoms with Crippen LogP contribution in [-0.4, -0.2) is 15.7 Å². The van der Waals surface area contributed by atoms with Gasteiger partial charge in [-0.2, -0.15) is 0 Å². The van der Waals surface area contributed by atoms with Crippen molar-refractivity contribution in [2.75, 3.05) is 0 Å². The zero-order valence-corrected chi connectivity index (χ0v) is 13.4. The number of aryl methyl sites for hydroxylation is 1. The lowest BCUT2D eigenvalue weighted by Crippen LogP contribution is -2.13. The highest BCUT2D eigenvalue weighted by atomic mass is 32.1. The van der Waals surface area contributed by atoms with Crippen molar-refractivity contribution in [3.63, 3.8) is 0 Å². The van der Waals surface area contributed by atoms with Crippen molar-refractivity contribution in [3.05, 3.63) is 51.7 Å². The number of carbonyl (C=O) groups is 1. The predicted molar refractivity (Wildman–Crippen MR) is 89.0 cm³/mol. The van der Waals surface area contributed by atoms with Gasteiger partial charge in [0.05, 0.1) is 10.6 Å². The first-order valence-corrected chi connectivity index (χ1v) is 8.22. The van der Waals surface area contributed by atoms with Crippen LogP contribution >= 0.6 is 11.3 Å². The Labute approximate surface area is 137 Å². The highest BCUT2D eigenvalue weighted by molar-refractivity contribution is 7.12. The Bertz CT molecular complexity index is 896. The lowest BCUT2D eigenvalue weighted by molar-refractivity contribution is 0.100. The molecule has 6 heteroatoms. The smallest absolute Gasteiger partial charge is 0.259 e. The van der Waals surface area contributed by atoms with Gasteiger partial charge in [0.15, 0.2) is 0 Å². The summed E-state index contributed by atoms with van der Waals surface area (Å²) < 4.78 is 7.77. The van der Waals surface area contributed by atoms with Gasteiger partial charge in [-0.1, -0.05) is 18.2 Å². The highest BCUT2D eigenvalue weighted by Gasteiger charge is 2.29. The number of amides is 1. The summed E-state index contributed by atoms with van der Waals surface area (Å²) in [6.07, 6.45) is 1.57. The molecule has 1 aliphatic carbocycles. The fraction of sp³-hybridized carbons (Fsp3) is 0.176. The zero-order valence-electron chi connectivity index (χ0n) is 12.6. The van der Waals surface area contributed by atoms with Gasteiger partial charge in [0.25, 0.3) is 5.91 Å². The quantitative estimate of drug-likeness (QED) is 0.804. The van der Waals surface area contributed by atoms with Gasteiger partial charge in [-0.05, 0) is 30.5 Å². The van der Waals surface area contributed by atoms with Crippen LogP contribution in [0.25, 0.3) is 11.3 Å². The van der Waals surface area contributed by atoms with Crippen molar-refractivity contribution in [2.24, 2.45) is 12.8 Å². The molecule has 4 rings (SSSR count). The van der Waals surface area contributed by atoms with E-state index in [4.69, 9.17) is 10.5 Å². The molecule has 0 radical (unpaired) electrons. The number of primary amides is 1. The summed E-state index contributed by atoms with van der Waals surface area (Å²) in [6, 6.07) is 9.63. The zero-order chi connectivity index (χ0) is 16.0.